The Hall–Kier alpha value is -2.28. The van der Waals surface area contributed by atoms with Crippen molar-refractivity contribution in [1.82, 2.24) is 4.57 Å². The van der Waals surface area contributed by atoms with Crippen LogP contribution in [0.3, 0.4) is 0 Å². The van der Waals surface area contributed by atoms with Crippen LogP contribution in [-0.2, 0) is 4.79 Å². The molecule has 0 atom stereocenters. The van der Waals surface area contributed by atoms with Crippen molar-refractivity contribution in [3.8, 4) is 5.69 Å². The highest BCUT2D eigenvalue weighted by Gasteiger charge is 2.36. The lowest BCUT2D eigenvalue weighted by Crippen LogP contribution is -2.27. The highest BCUT2D eigenvalue weighted by molar-refractivity contribution is 9.10. The van der Waals surface area contributed by atoms with E-state index in [1.54, 1.807) is 30.3 Å². The van der Waals surface area contributed by atoms with Gasteiger partial charge in [0.25, 0.3) is 11.1 Å². The fourth-order valence-electron chi connectivity index (χ4n) is 3.83. The molecule has 1 aliphatic heterocycles. The van der Waals surface area contributed by atoms with Crippen molar-refractivity contribution in [3.63, 3.8) is 0 Å². The Bertz CT molecular complexity index is 1260. The van der Waals surface area contributed by atoms with E-state index in [9.17, 15) is 9.59 Å². The number of rotatable bonds is 3. The van der Waals surface area contributed by atoms with Gasteiger partial charge in [-0.3, -0.25) is 9.59 Å². The Labute approximate surface area is 199 Å². The second-order valence-electron chi connectivity index (χ2n) is 7.55. The van der Waals surface area contributed by atoms with Crippen molar-refractivity contribution in [2.24, 2.45) is 0 Å². The number of carbonyl (C=O) groups excluding carboxylic acids is 2. The minimum atomic E-state index is -0.336. The van der Waals surface area contributed by atoms with Gasteiger partial charge in [0.2, 0.25) is 0 Å². The molecule has 31 heavy (non-hydrogen) atoms. The van der Waals surface area contributed by atoms with Gasteiger partial charge in [-0.25, -0.2) is 4.90 Å². The molecular weight excluding hydrogens is 496 g/mol. The molecule has 158 valence electrons. The van der Waals surface area contributed by atoms with Crippen LogP contribution in [0.2, 0.25) is 5.02 Å². The van der Waals surface area contributed by atoms with Gasteiger partial charge < -0.3 is 4.57 Å². The molecule has 0 radical (unpaired) electrons. The fraction of sp³-hybridized carbons (Fsp3) is 0.167. The molecule has 1 aliphatic rings. The van der Waals surface area contributed by atoms with E-state index in [-0.39, 0.29) is 11.1 Å². The summed E-state index contributed by atoms with van der Waals surface area (Å²) in [6.07, 6.45) is 1.80. The SMILES string of the molecule is Cc1cc(-n2c(C)cc(/C=C3\SC(=O)N(c4cccc(Cl)c4)C3=O)c2C)cc(C)c1Br. The summed E-state index contributed by atoms with van der Waals surface area (Å²) in [5, 5.41) is 0.149. The van der Waals surface area contributed by atoms with E-state index in [1.165, 1.54) is 4.90 Å². The summed E-state index contributed by atoms with van der Waals surface area (Å²) in [7, 11) is 0. The normalized spacial score (nSPS) is 15.4. The molecule has 2 heterocycles. The zero-order valence-corrected chi connectivity index (χ0v) is 20.7. The maximum Gasteiger partial charge on any atom is 0.298 e. The largest absolute Gasteiger partial charge is 0.318 e. The number of nitrogens with zero attached hydrogens (tertiary/aromatic N) is 2. The van der Waals surface area contributed by atoms with Crippen LogP contribution in [0.4, 0.5) is 10.5 Å². The van der Waals surface area contributed by atoms with Gasteiger partial charge in [-0.2, -0.15) is 0 Å². The molecule has 0 aliphatic carbocycles. The second-order valence-corrected chi connectivity index (χ2v) is 9.78. The van der Waals surface area contributed by atoms with E-state index in [0.29, 0.717) is 15.6 Å². The minimum absolute atomic E-state index is 0.327. The number of amides is 2. The zero-order valence-electron chi connectivity index (χ0n) is 17.5. The number of imide groups is 1. The van der Waals surface area contributed by atoms with Gasteiger partial charge in [-0.1, -0.05) is 33.6 Å². The third kappa shape index (κ3) is 4.00. The Morgan fingerprint density at radius 1 is 0.968 bits per heavy atom. The summed E-state index contributed by atoms with van der Waals surface area (Å²) in [4.78, 5) is 27.1. The van der Waals surface area contributed by atoms with Crippen LogP contribution >= 0.6 is 39.3 Å². The summed E-state index contributed by atoms with van der Waals surface area (Å²) in [5.41, 5.74) is 6.84. The fourth-order valence-corrected chi connectivity index (χ4v) is 5.08. The molecule has 0 saturated carbocycles. The molecule has 2 amide bonds. The quantitative estimate of drug-likeness (QED) is 0.342. The minimum Gasteiger partial charge on any atom is -0.318 e. The lowest BCUT2D eigenvalue weighted by Gasteiger charge is -2.13. The number of hydrogen-bond acceptors (Lipinski definition) is 3. The van der Waals surface area contributed by atoms with Gasteiger partial charge >= 0.3 is 0 Å². The lowest BCUT2D eigenvalue weighted by molar-refractivity contribution is -0.113. The Kier molecular flexibility index (Phi) is 5.90. The average Bonchev–Trinajstić information content (AvgIpc) is 3.14. The van der Waals surface area contributed by atoms with Gasteiger partial charge in [0.05, 0.1) is 10.6 Å². The monoisotopic (exact) mass is 514 g/mol. The molecule has 0 spiro atoms. The van der Waals surface area contributed by atoms with E-state index in [4.69, 9.17) is 11.6 Å². The summed E-state index contributed by atoms with van der Waals surface area (Å²) in [5.74, 6) is -0.336. The number of carbonyl (C=O) groups is 2. The van der Waals surface area contributed by atoms with Crippen LogP contribution in [0.25, 0.3) is 11.8 Å². The lowest BCUT2D eigenvalue weighted by atomic mass is 10.1. The molecular formula is C24H20BrClN2O2S. The maximum atomic E-state index is 13.0. The Morgan fingerprint density at radius 2 is 1.65 bits per heavy atom. The van der Waals surface area contributed by atoms with Gasteiger partial charge in [0.1, 0.15) is 0 Å². The van der Waals surface area contributed by atoms with Crippen LogP contribution in [0, 0.1) is 27.7 Å². The Morgan fingerprint density at radius 3 is 2.29 bits per heavy atom. The van der Waals surface area contributed by atoms with E-state index >= 15 is 0 Å². The Balaban J connectivity index is 1.73. The second kappa shape index (κ2) is 8.34. The maximum absolute atomic E-state index is 13.0. The van der Waals surface area contributed by atoms with Gasteiger partial charge in [0, 0.05) is 26.6 Å². The molecule has 2 aromatic carbocycles. The van der Waals surface area contributed by atoms with E-state index in [1.807, 2.05) is 19.9 Å². The predicted molar refractivity (Wildman–Crippen MR) is 132 cm³/mol. The third-order valence-electron chi connectivity index (χ3n) is 5.30. The van der Waals surface area contributed by atoms with Crippen LogP contribution < -0.4 is 4.90 Å². The van der Waals surface area contributed by atoms with Crippen molar-refractivity contribution < 1.29 is 9.59 Å². The van der Waals surface area contributed by atoms with Crippen molar-refractivity contribution >= 4 is 62.2 Å². The van der Waals surface area contributed by atoms with Gasteiger partial charge in [-0.05, 0) is 98.6 Å². The molecule has 4 nitrogen and oxygen atoms in total. The number of halogens is 2. The first kappa shape index (κ1) is 21.9. The molecule has 1 aromatic heterocycles. The van der Waals surface area contributed by atoms with E-state index in [2.05, 4.69) is 46.5 Å². The highest BCUT2D eigenvalue weighted by Crippen LogP contribution is 2.37. The van der Waals surface area contributed by atoms with Crippen molar-refractivity contribution in [1.29, 1.82) is 0 Å². The molecule has 4 rings (SSSR count). The predicted octanol–water partition coefficient (Wildman–Crippen LogP) is 7.37. The smallest absolute Gasteiger partial charge is 0.298 e. The number of benzene rings is 2. The summed E-state index contributed by atoms with van der Waals surface area (Å²) >= 11 is 10.6. The number of thioether (sulfide) groups is 1. The molecule has 7 heteroatoms. The number of aryl methyl sites for hydroxylation is 3. The molecule has 0 N–H and O–H groups in total. The number of anilines is 1. The van der Waals surface area contributed by atoms with E-state index < -0.39 is 0 Å². The first-order valence-corrected chi connectivity index (χ1v) is 11.7. The van der Waals surface area contributed by atoms with Crippen LogP contribution in [-0.4, -0.2) is 15.7 Å². The molecule has 1 fully saturated rings. The van der Waals surface area contributed by atoms with Crippen molar-refractivity contribution in [3.05, 3.63) is 84.9 Å². The van der Waals surface area contributed by atoms with Crippen LogP contribution in [0.15, 0.2) is 51.8 Å². The van der Waals surface area contributed by atoms with Gasteiger partial charge in [-0.15, -0.1) is 0 Å². The average molecular weight is 516 g/mol. The zero-order chi connectivity index (χ0) is 22.4. The highest BCUT2D eigenvalue weighted by atomic mass is 79.9. The van der Waals surface area contributed by atoms with Crippen molar-refractivity contribution in [2.45, 2.75) is 27.7 Å². The topological polar surface area (TPSA) is 42.3 Å². The van der Waals surface area contributed by atoms with Crippen LogP contribution in [0.1, 0.15) is 28.1 Å². The number of hydrogen-bond donors (Lipinski definition) is 0. The molecule has 3 aromatic rings. The third-order valence-corrected chi connectivity index (χ3v) is 7.65. The summed E-state index contributed by atoms with van der Waals surface area (Å²) in [6.45, 7) is 8.20. The summed E-state index contributed by atoms with van der Waals surface area (Å²) in [6, 6.07) is 13.1. The first-order chi connectivity index (χ1) is 14.7. The standard InChI is InChI=1S/C24H20BrClN2O2S/c1-13-8-20(9-14(2)22(13)25)27-15(3)10-17(16(27)4)11-21-23(29)28(24(30)31-21)19-7-5-6-18(26)12-19/h5-12H,1-4H3/b21-11-. The van der Waals surface area contributed by atoms with E-state index in [0.717, 1.165) is 50.0 Å². The summed E-state index contributed by atoms with van der Waals surface area (Å²) < 4.78 is 3.27. The van der Waals surface area contributed by atoms with Gasteiger partial charge in [0.15, 0.2) is 0 Å². The molecule has 1 saturated heterocycles. The molecule has 0 bridgehead atoms. The van der Waals surface area contributed by atoms with Crippen LogP contribution in [0.5, 0.6) is 0 Å². The number of aromatic nitrogens is 1. The molecule has 0 unspecified atom stereocenters. The van der Waals surface area contributed by atoms with Crippen molar-refractivity contribution in [2.75, 3.05) is 4.90 Å². The first-order valence-electron chi connectivity index (χ1n) is 9.67.